The van der Waals surface area contributed by atoms with Crippen LogP contribution in [0.1, 0.15) is 6.42 Å². The zero-order chi connectivity index (χ0) is 9.97. The van der Waals surface area contributed by atoms with Gasteiger partial charge in [0.25, 0.3) is 0 Å². The van der Waals surface area contributed by atoms with Crippen molar-refractivity contribution in [2.24, 2.45) is 0 Å². The van der Waals surface area contributed by atoms with Crippen molar-refractivity contribution in [2.75, 3.05) is 31.2 Å². The molecule has 4 heteroatoms. The van der Waals surface area contributed by atoms with Crippen molar-refractivity contribution in [2.45, 2.75) is 12.5 Å². The Labute approximate surface area is 84.1 Å². The Hall–Kier alpha value is -1.29. The van der Waals surface area contributed by atoms with Crippen LogP contribution in [0.25, 0.3) is 0 Å². The molecule has 0 aromatic carbocycles. The van der Waals surface area contributed by atoms with Crippen LogP contribution in [0.3, 0.4) is 0 Å². The average Bonchev–Trinajstić information content (AvgIpc) is 2.56. The minimum absolute atomic E-state index is 0.524. The molecule has 1 aliphatic rings. The van der Waals surface area contributed by atoms with E-state index in [0.29, 0.717) is 11.7 Å². The molecule has 1 atom stereocenters. The van der Waals surface area contributed by atoms with E-state index in [4.69, 9.17) is 5.73 Å². The fourth-order valence-electron chi connectivity index (χ4n) is 1.75. The molecular weight excluding hydrogens is 176 g/mol. The van der Waals surface area contributed by atoms with Crippen LogP contribution in [0.15, 0.2) is 18.3 Å². The first-order valence-corrected chi connectivity index (χ1v) is 4.90. The molecule has 1 fully saturated rings. The lowest BCUT2D eigenvalue weighted by Crippen LogP contribution is -2.23. The number of pyridine rings is 1. The van der Waals surface area contributed by atoms with Crippen molar-refractivity contribution >= 4 is 11.5 Å². The summed E-state index contributed by atoms with van der Waals surface area (Å²) in [5.74, 6) is 0.916. The summed E-state index contributed by atoms with van der Waals surface area (Å²) in [6.07, 6.45) is 2.86. The molecule has 1 aromatic rings. The Morgan fingerprint density at radius 1 is 1.57 bits per heavy atom. The SMILES string of the molecule is CN1CCC(Nc2ccc(N)cn2)C1. The standard InChI is InChI=1S/C10H16N4/c1-14-5-4-9(7-14)13-10-3-2-8(11)6-12-10/h2-3,6,9H,4-5,7,11H2,1H3,(H,12,13). The maximum absolute atomic E-state index is 5.56. The van der Waals surface area contributed by atoms with Gasteiger partial charge < -0.3 is 16.0 Å². The molecule has 2 rings (SSSR count). The number of hydrogen-bond acceptors (Lipinski definition) is 4. The van der Waals surface area contributed by atoms with Crippen molar-refractivity contribution in [1.29, 1.82) is 0 Å². The lowest BCUT2D eigenvalue weighted by Gasteiger charge is -2.13. The van der Waals surface area contributed by atoms with Gasteiger partial charge in [-0.2, -0.15) is 0 Å². The minimum Gasteiger partial charge on any atom is -0.397 e. The summed E-state index contributed by atoms with van der Waals surface area (Å²) in [5, 5.41) is 3.39. The van der Waals surface area contributed by atoms with E-state index in [0.717, 1.165) is 18.9 Å². The van der Waals surface area contributed by atoms with Crippen LogP contribution < -0.4 is 11.1 Å². The van der Waals surface area contributed by atoms with Crippen LogP contribution in [0, 0.1) is 0 Å². The summed E-state index contributed by atoms with van der Waals surface area (Å²) in [6, 6.07) is 4.32. The summed E-state index contributed by atoms with van der Waals surface area (Å²) >= 11 is 0. The van der Waals surface area contributed by atoms with Gasteiger partial charge in [0.2, 0.25) is 0 Å². The van der Waals surface area contributed by atoms with Crippen LogP contribution >= 0.6 is 0 Å². The first-order valence-electron chi connectivity index (χ1n) is 4.90. The fraction of sp³-hybridized carbons (Fsp3) is 0.500. The molecule has 1 aliphatic heterocycles. The average molecular weight is 192 g/mol. The van der Waals surface area contributed by atoms with E-state index in [2.05, 4.69) is 22.2 Å². The topological polar surface area (TPSA) is 54.2 Å². The fourth-order valence-corrected chi connectivity index (χ4v) is 1.75. The molecule has 0 spiro atoms. The summed E-state index contributed by atoms with van der Waals surface area (Å²) in [5.41, 5.74) is 6.27. The van der Waals surface area contributed by atoms with Crippen molar-refractivity contribution in [3.05, 3.63) is 18.3 Å². The van der Waals surface area contributed by atoms with Crippen molar-refractivity contribution in [3.63, 3.8) is 0 Å². The molecule has 2 heterocycles. The highest BCUT2D eigenvalue weighted by Gasteiger charge is 2.18. The molecule has 1 unspecified atom stereocenters. The highest BCUT2D eigenvalue weighted by atomic mass is 15.2. The molecule has 0 aliphatic carbocycles. The van der Waals surface area contributed by atoms with Gasteiger partial charge in [-0.3, -0.25) is 0 Å². The Morgan fingerprint density at radius 3 is 3.00 bits per heavy atom. The third kappa shape index (κ3) is 2.14. The number of likely N-dealkylation sites (tertiary alicyclic amines) is 1. The third-order valence-corrected chi connectivity index (χ3v) is 2.53. The third-order valence-electron chi connectivity index (χ3n) is 2.53. The Bertz CT molecular complexity index is 295. The molecule has 4 nitrogen and oxygen atoms in total. The Morgan fingerprint density at radius 2 is 2.43 bits per heavy atom. The number of nitrogens with zero attached hydrogens (tertiary/aromatic N) is 2. The molecule has 0 amide bonds. The van der Waals surface area contributed by atoms with Crippen molar-refractivity contribution < 1.29 is 0 Å². The second-order valence-corrected chi connectivity index (χ2v) is 3.87. The van der Waals surface area contributed by atoms with Gasteiger partial charge >= 0.3 is 0 Å². The summed E-state index contributed by atoms with van der Waals surface area (Å²) < 4.78 is 0. The van der Waals surface area contributed by atoms with Gasteiger partial charge in [-0.05, 0) is 32.1 Å². The first-order chi connectivity index (χ1) is 6.74. The number of rotatable bonds is 2. The number of nitrogens with two attached hydrogens (primary N) is 1. The highest BCUT2D eigenvalue weighted by Crippen LogP contribution is 2.13. The predicted octanol–water partition coefficient (Wildman–Crippen LogP) is 0.780. The van der Waals surface area contributed by atoms with E-state index in [1.165, 1.54) is 6.42 Å². The lowest BCUT2D eigenvalue weighted by atomic mass is 10.2. The monoisotopic (exact) mass is 192 g/mol. The van der Waals surface area contributed by atoms with Crippen LogP contribution in [0.2, 0.25) is 0 Å². The van der Waals surface area contributed by atoms with Crippen molar-refractivity contribution in [1.82, 2.24) is 9.88 Å². The predicted molar refractivity (Wildman–Crippen MR) is 58.2 cm³/mol. The van der Waals surface area contributed by atoms with E-state index in [1.54, 1.807) is 6.20 Å². The molecule has 14 heavy (non-hydrogen) atoms. The van der Waals surface area contributed by atoms with Gasteiger partial charge in [0, 0.05) is 12.6 Å². The maximum atomic E-state index is 5.56. The van der Waals surface area contributed by atoms with E-state index in [-0.39, 0.29) is 0 Å². The van der Waals surface area contributed by atoms with Crippen LogP contribution in [-0.4, -0.2) is 36.1 Å². The summed E-state index contributed by atoms with van der Waals surface area (Å²) in [6.45, 7) is 2.25. The summed E-state index contributed by atoms with van der Waals surface area (Å²) in [7, 11) is 2.14. The molecule has 0 bridgehead atoms. The number of anilines is 2. The van der Waals surface area contributed by atoms with E-state index in [1.807, 2.05) is 12.1 Å². The molecule has 76 valence electrons. The molecule has 3 N–H and O–H groups in total. The number of likely N-dealkylation sites (N-methyl/N-ethyl adjacent to an activating group) is 1. The maximum Gasteiger partial charge on any atom is 0.126 e. The number of hydrogen-bond donors (Lipinski definition) is 2. The summed E-state index contributed by atoms with van der Waals surface area (Å²) in [4.78, 5) is 6.53. The zero-order valence-corrected chi connectivity index (χ0v) is 8.40. The number of aromatic nitrogens is 1. The Balaban J connectivity index is 1.94. The van der Waals surface area contributed by atoms with E-state index < -0.39 is 0 Å². The number of nitrogen functional groups attached to an aromatic ring is 1. The molecule has 0 radical (unpaired) electrons. The normalized spacial score (nSPS) is 22.5. The van der Waals surface area contributed by atoms with Crippen LogP contribution in [0.5, 0.6) is 0 Å². The molecule has 1 saturated heterocycles. The second-order valence-electron chi connectivity index (χ2n) is 3.87. The van der Waals surface area contributed by atoms with Gasteiger partial charge in [0.05, 0.1) is 11.9 Å². The van der Waals surface area contributed by atoms with Crippen LogP contribution in [-0.2, 0) is 0 Å². The second kappa shape index (κ2) is 3.84. The minimum atomic E-state index is 0.524. The van der Waals surface area contributed by atoms with Gasteiger partial charge in [-0.15, -0.1) is 0 Å². The first kappa shape index (κ1) is 9.27. The van der Waals surface area contributed by atoms with Gasteiger partial charge in [0.1, 0.15) is 5.82 Å². The van der Waals surface area contributed by atoms with E-state index >= 15 is 0 Å². The Kier molecular flexibility index (Phi) is 2.54. The lowest BCUT2D eigenvalue weighted by molar-refractivity contribution is 0.414. The quantitative estimate of drug-likeness (QED) is 0.727. The van der Waals surface area contributed by atoms with E-state index in [9.17, 15) is 0 Å². The highest BCUT2D eigenvalue weighted by molar-refractivity contribution is 5.44. The molecule has 1 aromatic heterocycles. The van der Waals surface area contributed by atoms with Gasteiger partial charge in [0.15, 0.2) is 0 Å². The molecular formula is C10H16N4. The zero-order valence-electron chi connectivity index (χ0n) is 8.40. The van der Waals surface area contributed by atoms with Crippen molar-refractivity contribution in [3.8, 4) is 0 Å². The van der Waals surface area contributed by atoms with Crippen LogP contribution in [0.4, 0.5) is 11.5 Å². The smallest absolute Gasteiger partial charge is 0.126 e. The number of nitrogens with one attached hydrogen (secondary N) is 1. The molecule has 0 saturated carbocycles. The van der Waals surface area contributed by atoms with Gasteiger partial charge in [-0.25, -0.2) is 4.98 Å². The largest absolute Gasteiger partial charge is 0.397 e. The van der Waals surface area contributed by atoms with Gasteiger partial charge in [-0.1, -0.05) is 0 Å².